The number of sulfonamides is 1. The number of carbonyl (C=O) groups is 2. The fraction of sp³-hybridized carbons (Fsp3) is 0.290. The van der Waals surface area contributed by atoms with Crippen molar-refractivity contribution >= 4 is 39.3 Å². The number of carbonyl (C=O) groups excluding carboxylic acids is 2. The Bertz CT molecular complexity index is 1770. The Morgan fingerprint density at radius 3 is 2.41 bits per heavy atom. The minimum absolute atomic E-state index is 0.0586. The molecular weight excluding hydrogens is 601 g/mol. The molecule has 0 atom stereocenters. The molecule has 1 fully saturated rings. The number of aryl methyl sites for hydroxylation is 2. The molecule has 0 radical (unpaired) electrons. The number of hydrogen-bond donors (Lipinski definition) is 2. The van der Waals surface area contributed by atoms with Gasteiger partial charge in [-0.25, -0.2) is 8.42 Å². The normalized spacial score (nSPS) is 13.9. The number of thioether (sulfide) groups is 1. The molecule has 2 amide bonds. The van der Waals surface area contributed by atoms with E-state index in [-0.39, 0.29) is 29.0 Å². The molecular formula is C31H34N6O5S2. The highest BCUT2D eigenvalue weighted by atomic mass is 32.2. The van der Waals surface area contributed by atoms with Gasteiger partial charge in [0.15, 0.2) is 11.0 Å². The topological polar surface area (TPSA) is 136 Å². The summed E-state index contributed by atoms with van der Waals surface area (Å²) < 4.78 is 34.4. The van der Waals surface area contributed by atoms with E-state index in [2.05, 4.69) is 20.8 Å². The van der Waals surface area contributed by atoms with Crippen molar-refractivity contribution in [3.63, 3.8) is 0 Å². The molecule has 2 N–H and O–H groups in total. The highest BCUT2D eigenvalue weighted by Crippen LogP contribution is 2.26. The summed E-state index contributed by atoms with van der Waals surface area (Å²) in [6, 6.07) is 19.3. The minimum Gasteiger partial charge on any atom is -0.379 e. The van der Waals surface area contributed by atoms with Gasteiger partial charge in [-0.05, 0) is 79.9 Å². The lowest BCUT2D eigenvalue weighted by Gasteiger charge is -2.26. The van der Waals surface area contributed by atoms with Crippen LogP contribution in [0.1, 0.15) is 32.9 Å². The van der Waals surface area contributed by atoms with Gasteiger partial charge in [-0.1, -0.05) is 36.0 Å². The number of ether oxygens (including phenoxy) is 1. The Labute approximate surface area is 261 Å². The number of morpholine rings is 1. The zero-order valence-electron chi connectivity index (χ0n) is 24.7. The van der Waals surface area contributed by atoms with E-state index < -0.39 is 10.0 Å². The Morgan fingerprint density at radius 1 is 0.955 bits per heavy atom. The molecule has 0 spiro atoms. The molecule has 4 aromatic rings. The van der Waals surface area contributed by atoms with Gasteiger partial charge >= 0.3 is 0 Å². The van der Waals surface area contributed by atoms with Crippen LogP contribution < -0.4 is 10.6 Å². The van der Waals surface area contributed by atoms with E-state index in [9.17, 15) is 18.0 Å². The average Bonchev–Trinajstić information content (AvgIpc) is 3.43. The Kier molecular flexibility index (Phi) is 9.79. The van der Waals surface area contributed by atoms with Crippen LogP contribution in [0.15, 0.2) is 76.8 Å². The lowest BCUT2D eigenvalue weighted by Crippen LogP contribution is -2.40. The van der Waals surface area contributed by atoms with Crippen molar-refractivity contribution in [1.82, 2.24) is 24.4 Å². The Hall–Kier alpha value is -4.04. The molecule has 0 bridgehead atoms. The first kappa shape index (κ1) is 31.4. The highest BCUT2D eigenvalue weighted by Gasteiger charge is 2.26. The Morgan fingerprint density at radius 2 is 1.68 bits per heavy atom. The first-order valence-corrected chi connectivity index (χ1v) is 16.5. The van der Waals surface area contributed by atoms with Crippen LogP contribution in [0, 0.1) is 20.8 Å². The summed E-state index contributed by atoms with van der Waals surface area (Å²) in [6.45, 7) is 7.33. The number of aromatic nitrogens is 3. The third-order valence-electron chi connectivity index (χ3n) is 7.28. The van der Waals surface area contributed by atoms with Crippen LogP contribution in [0.5, 0.6) is 0 Å². The predicted molar refractivity (Wildman–Crippen MR) is 169 cm³/mol. The van der Waals surface area contributed by atoms with Gasteiger partial charge in [-0.2, -0.15) is 4.31 Å². The number of hydrogen-bond acceptors (Lipinski definition) is 8. The SMILES string of the molecule is Cc1cccc(NC(=O)CSc2nnc(CNC(=O)c3ccc(S(=O)(=O)N4CCOCC4)cc3)n2-c2cccc(C)c2C)c1. The first-order chi connectivity index (χ1) is 21.1. The quantitative estimate of drug-likeness (QED) is 0.251. The van der Waals surface area contributed by atoms with E-state index in [0.717, 1.165) is 28.1 Å². The molecule has 0 aliphatic carbocycles. The molecule has 5 rings (SSSR count). The predicted octanol–water partition coefficient (Wildman–Crippen LogP) is 3.87. The minimum atomic E-state index is -3.66. The monoisotopic (exact) mass is 634 g/mol. The largest absolute Gasteiger partial charge is 0.379 e. The van der Waals surface area contributed by atoms with Gasteiger partial charge < -0.3 is 15.4 Å². The fourth-order valence-electron chi connectivity index (χ4n) is 4.75. The Balaban J connectivity index is 1.30. The van der Waals surface area contributed by atoms with E-state index in [1.807, 2.05) is 67.8 Å². The van der Waals surface area contributed by atoms with Crippen molar-refractivity contribution < 1.29 is 22.7 Å². The third-order valence-corrected chi connectivity index (χ3v) is 10.1. The molecule has 11 nitrogen and oxygen atoms in total. The molecule has 1 aliphatic rings. The molecule has 1 saturated heterocycles. The van der Waals surface area contributed by atoms with Crippen LogP contribution >= 0.6 is 11.8 Å². The number of nitrogens with one attached hydrogen (secondary N) is 2. The number of benzene rings is 3. The zero-order valence-corrected chi connectivity index (χ0v) is 26.4. The van der Waals surface area contributed by atoms with Gasteiger partial charge in [0, 0.05) is 24.3 Å². The van der Waals surface area contributed by atoms with Gasteiger partial charge in [0.25, 0.3) is 5.91 Å². The lowest BCUT2D eigenvalue weighted by molar-refractivity contribution is -0.113. The number of amides is 2. The van der Waals surface area contributed by atoms with Crippen molar-refractivity contribution in [2.24, 2.45) is 0 Å². The molecule has 1 aromatic heterocycles. The van der Waals surface area contributed by atoms with Gasteiger partial charge in [-0.3, -0.25) is 14.2 Å². The third kappa shape index (κ3) is 7.18. The van der Waals surface area contributed by atoms with Crippen LogP contribution in [-0.2, 0) is 26.1 Å². The van der Waals surface area contributed by atoms with Gasteiger partial charge in [0.1, 0.15) is 0 Å². The average molecular weight is 635 g/mol. The number of anilines is 1. The van der Waals surface area contributed by atoms with Crippen molar-refractivity contribution in [3.05, 3.63) is 94.8 Å². The molecule has 44 heavy (non-hydrogen) atoms. The molecule has 13 heteroatoms. The zero-order chi connectivity index (χ0) is 31.3. The van der Waals surface area contributed by atoms with Crippen molar-refractivity contribution in [2.45, 2.75) is 37.4 Å². The van der Waals surface area contributed by atoms with E-state index in [4.69, 9.17) is 4.74 Å². The molecule has 230 valence electrons. The van der Waals surface area contributed by atoms with Crippen LogP contribution in [0.3, 0.4) is 0 Å². The van der Waals surface area contributed by atoms with E-state index in [0.29, 0.717) is 42.8 Å². The summed E-state index contributed by atoms with van der Waals surface area (Å²) in [7, 11) is -3.66. The molecule has 0 unspecified atom stereocenters. The maximum Gasteiger partial charge on any atom is 0.251 e. The maximum absolute atomic E-state index is 13.1. The van der Waals surface area contributed by atoms with Crippen LogP contribution in [0.4, 0.5) is 5.69 Å². The van der Waals surface area contributed by atoms with Gasteiger partial charge in [-0.15, -0.1) is 10.2 Å². The van der Waals surface area contributed by atoms with Gasteiger partial charge in [0.2, 0.25) is 15.9 Å². The van der Waals surface area contributed by atoms with Crippen LogP contribution in [0.2, 0.25) is 0 Å². The van der Waals surface area contributed by atoms with Crippen molar-refractivity contribution in [2.75, 3.05) is 37.4 Å². The van der Waals surface area contributed by atoms with Crippen molar-refractivity contribution in [3.8, 4) is 5.69 Å². The van der Waals surface area contributed by atoms with E-state index >= 15 is 0 Å². The van der Waals surface area contributed by atoms with Crippen LogP contribution in [0.25, 0.3) is 5.69 Å². The second kappa shape index (κ2) is 13.7. The van der Waals surface area contributed by atoms with E-state index in [1.165, 1.54) is 40.3 Å². The van der Waals surface area contributed by atoms with Crippen LogP contribution in [-0.4, -0.2) is 71.4 Å². The lowest BCUT2D eigenvalue weighted by atomic mass is 10.1. The first-order valence-electron chi connectivity index (χ1n) is 14.1. The molecule has 1 aliphatic heterocycles. The molecule has 2 heterocycles. The number of rotatable bonds is 10. The standard InChI is InChI=1S/C31H34N6O5S2/c1-21-6-4-8-25(18-21)33-29(38)20-43-31-35-34-28(37(31)27-9-5-7-22(2)23(27)3)19-32-30(39)24-10-12-26(13-11-24)44(40,41)36-14-16-42-17-15-36/h4-13,18H,14-17,19-20H2,1-3H3,(H,32,39)(H,33,38). The molecule has 3 aromatic carbocycles. The smallest absolute Gasteiger partial charge is 0.251 e. The second-order valence-electron chi connectivity index (χ2n) is 10.4. The van der Waals surface area contributed by atoms with Gasteiger partial charge in [0.05, 0.1) is 36.1 Å². The molecule has 0 saturated carbocycles. The summed E-state index contributed by atoms with van der Waals surface area (Å²) in [6.07, 6.45) is 0. The summed E-state index contributed by atoms with van der Waals surface area (Å²) in [5, 5.41) is 15.0. The summed E-state index contributed by atoms with van der Waals surface area (Å²) in [4.78, 5) is 25.9. The summed E-state index contributed by atoms with van der Waals surface area (Å²) in [5.41, 5.74) is 5.02. The number of nitrogens with zero attached hydrogens (tertiary/aromatic N) is 4. The maximum atomic E-state index is 13.1. The summed E-state index contributed by atoms with van der Waals surface area (Å²) >= 11 is 1.25. The highest BCUT2D eigenvalue weighted by molar-refractivity contribution is 7.99. The van der Waals surface area contributed by atoms with E-state index in [1.54, 1.807) is 0 Å². The second-order valence-corrected chi connectivity index (χ2v) is 13.3. The summed E-state index contributed by atoms with van der Waals surface area (Å²) in [5.74, 6) is 0.0380. The fourth-order valence-corrected chi connectivity index (χ4v) is 6.93. The van der Waals surface area contributed by atoms with Crippen molar-refractivity contribution in [1.29, 1.82) is 0 Å².